The zero-order chi connectivity index (χ0) is 13.5. The molecule has 0 amide bonds. The molecule has 3 N–H and O–H groups in total. The summed E-state index contributed by atoms with van der Waals surface area (Å²) in [6.07, 6.45) is 3.22. The lowest BCUT2D eigenvalue weighted by Gasteiger charge is -2.15. The van der Waals surface area contributed by atoms with E-state index in [1.807, 2.05) is 24.3 Å². The lowest BCUT2D eigenvalue weighted by Crippen LogP contribution is -2.21. The second-order valence-corrected chi connectivity index (χ2v) is 6.45. The maximum atomic E-state index is 11.4. The number of hydrogen-bond acceptors (Lipinski definition) is 5. The van der Waals surface area contributed by atoms with Crippen molar-refractivity contribution < 1.29 is 8.42 Å². The number of aromatic nitrogens is 1. The number of sulfone groups is 1. The van der Waals surface area contributed by atoms with Crippen LogP contribution in [-0.2, 0) is 9.84 Å². The SMILES string of the molecule is Nc1cnc2ccccc2c1NC1C=CS(=O)(=O)C1. The lowest BCUT2D eigenvalue weighted by molar-refractivity contribution is 0.605. The number of hydrogen-bond donors (Lipinski definition) is 2. The van der Waals surface area contributed by atoms with E-state index in [0.717, 1.165) is 16.6 Å². The van der Waals surface area contributed by atoms with Crippen LogP contribution in [0.1, 0.15) is 0 Å². The van der Waals surface area contributed by atoms with Gasteiger partial charge in [-0.2, -0.15) is 0 Å². The highest BCUT2D eigenvalue weighted by Gasteiger charge is 2.22. The third-order valence-corrected chi connectivity index (χ3v) is 4.46. The van der Waals surface area contributed by atoms with Gasteiger partial charge in [0.1, 0.15) is 0 Å². The molecule has 1 aromatic heterocycles. The maximum Gasteiger partial charge on any atom is 0.173 e. The number of para-hydroxylation sites is 1. The van der Waals surface area contributed by atoms with Crippen molar-refractivity contribution in [3.63, 3.8) is 0 Å². The largest absolute Gasteiger partial charge is 0.396 e. The van der Waals surface area contributed by atoms with Gasteiger partial charge in [0, 0.05) is 10.8 Å². The van der Waals surface area contributed by atoms with E-state index in [4.69, 9.17) is 5.73 Å². The smallest absolute Gasteiger partial charge is 0.173 e. The summed E-state index contributed by atoms with van der Waals surface area (Å²) in [7, 11) is -3.08. The summed E-state index contributed by atoms with van der Waals surface area (Å²) in [5.74, 6) is 0.0586. The van der Waals surface area contributed by atoms with Crippen LogP contribution >= 0.6 is 0 Å². The highest BCUT2D eigenvalue weighted by Crippen LogP contribution is 2.29. The zero-order valence-electron chi connectivity index (χ0n) is 10.1. The van der Waals surface area contributed by atoms with Crippen LogP contribution in [0, 0.1) is 0 Å². The molecule has 1 aliphatic heterocycles. The number of anilines is 2. The first-order valence-corrected chi connectivity index (χ1v) is 7.57. The van der Waals surface area contributed by atoms with Crippen molar-refractivity contribution in [1.82, 2.24) is 4.98 Å². The van der Waals surface area contributed by atoms with Crippen LogP contribution in [0.5, 0.6) is 0 Å². The predicted octanol–water partition coefficient (Wildman–Crippen LogP) is 1.54. The Balaban J connectivity index is 2.01. The summed E-state index contributed by atoms with van der Waals surface area (Å²) in [5.41, 5.74) is 8.00. The number of rotatable bonds is 2. The first-order chi connectivity index (χ1) is 9.05. The van der Waals surface area contributed by atoms with Crippen LogP contribution in [0.15, 0.2) is 41.9 Å². The molecule has 2 heterocycles. The van der Waals surface area contributed by atoms with E-state index in [1.54, 1.807) is 12.3 Å². The third kappa shape index (κ3) is 2.26. The Kier molecular flexibility index (Phi) is 2.67. The van der Waals surface area contributed by atoms with Gasteiger partial charge in [0.15, 0.2) is 9.84 Å². The first-order valence-electron chi connectivity index (χ1n) is 5.86. The van der Waals surface area contributed by atoms with Crippen molar-refractivity contribution in [2.24, 2.45) is 0 Å². The average Bonchev–Trinajstić information content (AvgIpc) is 2.72. The van der Waals surface area contributed by atoms with Gasteiger partial charge < -0.3 is 11.1 Å². The minimum atomic E-state index is -3.08. The summed E-state index contributed by atoms with van der Waals surface area (Å²) in [4.78, 5) is 4.24. The molecule has 6 heteroatoms. The van der Waals surface area contributed by atoms with E-state index < -0.39 is 9.84 Å². The summed E-state index contributed by atoms with van der Waals surface area (Å²) in [6.45, 7) is 0. The predicted molar refractivity (Wildman–Crippen MR) is 76.5 cm³/mol. The van der Waals surface area contributed by atoms with Crippen LogP contribution < -0.4 is 11.1 Å². The molecule has 3 rings (SSSR count). The van der Waals surface area contributed by atoms with Crippen molar-refractivity contribution in [2.45, 2.75) is 6.04 Å². The number of fused-ring (bicyclic) bond motifs is 1. The van der Waals surface area contributed by atoms with Gasteiger partial charge in [-0.15, -0.1) is 0 Å². The molecule has 0 spiro atoms. The van der Waals surface area contributed by atoms with Crippen molar-refractivity contribution in [3.8, 4) is 0 Å². The molecule has 0 fully saturated rings. The molecule has 1 atom stereocenters. The minimum absolute atomic E-state index is 0.0586. The van der Waals surface area contributed by atoms with Crippen LogP contribution in [0.2, 0.25) is 0 Å². The number of pyridine rings is 1. The number of nitrogens with zero attached hydrogens (tertiary/aromatic N) is 1. The van der Waals surface area contributed by atoms with E-state index in [2.05, 4.69) is 10.3 Å². The van der Waals surface area contributed by atoms with E-state index in [-0.39, 0.29) is 11.8 Å². The highest BCUT2D eigenvalue weighted by molar-refractivity contribution is 7.94. The topological polar surface area (TPSA) is 85.1 Å². The van der Waals surface area contributed by atoms with Crippen molar-refractivity contribution in [3.05, 3.63) is 41.9 Å². The Morgan fingerprint density at radius 2 is 2.11 bits per heavy atom. The molecule has 0 saturated carbocycles. The van der Waals surface area contributed by atoms with E-state index >= 15 is 0 Å². The lowest BCUT2D eigenvalue weighted by atomic mass is 10.1. The van der Waals surface area contributed by atoms with Gasteiger partial charge in [0.05, 0.1) is 34.9 Å². The molecule has 1 unspecified atom stereocenters. The molecule has 2 aromatic rings. The molecule has 0 saturated heterocycles. The summed E-state index contributed by atoms with van der Waals surface area (Å²) >= 11 is 0. The molecule has 0 radical (unpaired) electrons. The van der Waals surface area contributed by atoms with Gasteiger partial charge in [-0.3, -0.25) is 4.98 Å². The number of nitrogens with one attached hydrogen (secondary N) is 1. The number of nitrogens with two attached hydrogens (primary N) is 1. The molecule has 1 aliphatic rings. The molecule has 0 bridgehead atoms. The molecule has 0 aliphatic carbocycles. The standard InChI is InChI=1S/C13H13N3O2S/c14-11-7-15-12-4-2-1-3-10(12)13(11)16-9-5-6-19(17,18)8-9/h1-7,9H,8,14H2,(H,15,16). The van der Waals surface area contributed by atoms with E-state index in [0.29, 0.717) is 5.69 Å². The van der Waals surface area contributed by atoms with Gasteiger partial charge in [0.2, 0.25) is 0 Å². The number of nitrogen functional groups attached to an aromatic ring is 1. The zero-order valence-corrected chi connectivity index (χ0v) is 10.9. The van der Waals surface area contributed by atoms with Gasteiger partial charge in [-0.05, 0) is 6.07 Å². The van der Waals surface area contributed by atoms with Crippen molar-refractivity contribution in [1.29, 1.82) is 0 Å². The normalized spacial score (nSPS) is 20.7. The first kappa shape index (κ1) is 12.0. The minimum Gasteiger partial charge on any atom is -0.396 e. The molecule has 19 heavy (non-hydrogen) atoms. The molecular weight excluding hydrogens is 262 g/mol. The number of benzene rings is 1. The second kappa shape index (κ2) is 4.24. The van der Waals surface area contributed by atoms with Gasteiger partial charge in [-0.25, -0.2) is 8.42 Å². The molecular formula is C13H13N3O2S. The Hall–Kier alpha value is -2.08. The fourth-order valence-corrected chi connectivity index (χ4v) is 3.40. The van der Waals surface area contributed by atoms with Crippen LogP contribution in [0.3, 0.4) is 0 Å². The van der Waals surface area contributed by atoms with Crippen molar-refractivity contribution in [2.75, 3.05) is 16.8 Å². The van der Waals surface area contributed by atoms with Crippen LogP contribution in [0.25, 0.3) is 10.9 Å². The second-order valence-electron chi connectivity index (χ2n) is 4.51. The van der Waals surface area contributed by atoms with E-state index in [9.17, 15) is 8.42 Å². The van der Waals surface area contributed by atoms with Crippen molar-refractivity contribution >= 4 is 32.1 Å². The monoisotopic (exact) mass is 275 g/mol. The maximum absolute atomic E-state index is 11.4. The fourth-order valence-electron chi connectivity index (χ4n) is 2.17. The summed E-state index contributed by atoms with van der Waals surface area (Å²) < 4.78 is 22.8. The van der Waals surface area contributed by atoms with E-state index in [1.165, 1.54) is 5.41 Å². The van der Waals surface area contributed by atoms with Gasteiger partial charge in [-0.1, -0.05) is 24.3 Å². The summed E-state index contributed by atoms with van der Waals surface area (Å²) in [6, 6.07) is 7.35. The Morgan fingerprint density at radius 3 is 2.84 bits per heavy atom. The molecule has 98 valence electrons. The quantitative estimate of drug-likeness (QED) is 0.868. The summed E-state index contributed by atoms with van der Waals surface area (Å²) in [5, 5.41) is 5.31. The third-order valence-electron chi connectivity index (χ3n) is 3.06. The highest BCUT2D eigenvalue weighted by atomic mass is 32.2. The Labute approximate surface area is 111 Å². The Bertz CT molecular complexity index is 769. The Morgan fingerprint density at radius 1 is 1.32 bits per heavy atom. The van der Waals surface area contributed by atoms with Gasteiger partial charge >= 0.3 is 0 Å². The van der Waals surface area contributed by atoms with Crippen LogP contribution in [-0.4, -0.2) is 25.2 Å². The fraction of sp³-hybridized carbons (Fsp3) is 0.154. The van der Waals surface area contributed by atoms with Gasteiger partial charge in [0.25, 0.3) is 0 Å². The molecule has 5 nitrogen and oxygen atoms in total. The average molecular weight is 275 g/mol. The molecule has 1 aromatic carbocycles. The van der Waals surface area contributed by atoms with Crippen LogP contribution in [0.4, 0.5) is 11.4 Å².